The molecule has 0 saturated heterocycles. The van der Waals surface area contributed by atoms with Gasteiger partial charge in [-0.25, -0.2) is 0 Å². The maximum atomic E-state index is 13.1. The van der Waals surface area contributed by atoms with Gasteiger partial charge in [0.05, 0.1) is 12.2 Å². The van der Waals surface area contributed by atoms with Gasteiger partial charge in [-0.2, -0.15) is 0 Å². The second-order valence-electron chi connectivity index (χ2n) is 5.55. The zero-order valence-corrected chi connectivity index (χ0v) is 14.2. The first kappa shape index (κ1) is 18.0. The fourth-order valence-corrected chi connectivity index (χ4v) is 4.63. The van der Waals surface area contributed by atoms with Crippen LogP contribution in [0.5, 0.6) is 0 Å². The van der Waals surface area contributed by atoms with Gasteiger partial charge in [-0.1, -0.05) is 6.42 Å². The third kappa shape index (κ3) is 5.03. The molecule has 0 aromatic carbocycles. The van der Waals surface area contributed by atoms with Crippen LogP contribution in [0.25, 0.3) is 0 Å². The van der Waals surface area contributed by atoms with E-state index in [0.29, 0.717) is 0 Å². The Bertz CT molecular complexity index is 354. The molecule has 1 saturated carbocycles. The van der Waals surface area contributed by atoms with Crippen LogP contribution in [-0.4, -0.2) is 29.9 Å². The van der Waals surface area contributed by atoms with Crippen LogP contribution in [0.1, 0.15) is 47.0 Å². The molecule has 0 aliphatic heterocycles. The number of hydrogen-bond acceptors (Lipinski definition) is 5. The lowest BCUT2D eigenvalue weighted by molar-refractivity contribution is -0.147. The van der Waals surface area contributed by atoms with Gasteiger partial charge in [0.25, 0.3) is 0 Å². The summed E-state index contributed by atoms with van der Waals surface area (Å²) in [6.45, 7) is 7.10. The summed E-state index contributed by atoms with van der Waals surface area (Å²) in [5.41, 5.74) is 0. The van der Waals surface area contributed by atoms with Crippen molar-refractivity contribution in [3.63, 3.8) is 0 Å². The lowest BCUT2D eigenvalue weighted by atomic mass is 9.86. The average Bonchev–Trinajstić information content (AvgIpc) is 2.23. The first-order valence-corrected chi connectivity index (χ1v) is 9.15. The molecule has 0 bridgehead atoms. The largest absolute Gasteiger partial charge is 0.448 e. The van der Waals surface area contributed by atoms with E-state index in [-0.39, 0.29) is 24.0 Å². The van der Waals surface area contributed by atoms with Crippen LogP contribution in [0.3, 0.4) is 0 Å². The van der Waals surface area contributed by atoms with E-state index >= 15 is 0 Å². The molecule has 0 heterocycles. The maximum Gasteiger partial charge on any atom is 0.371 e. The highest BCUT2D eigenvalue weighted by atomic mass is 35.5. The lowest BCUT2D eigenvalue weighted by Gasteiger charge is -2.37. The highest BCUT2D eigenvalue weighted by Crippen LogP contribution is 2.60. The van der Waals surface area contributed by atoms with E-state index in [0.717, 1.165) is 19.3 Å². The number of alkyl halides is 1. The molecule has 0 amide bonds. The Morgan fingerprint density at radius 3 is 2.00 bits per heavy atom. The van der Waals surface area contributed by atoms with Crippen LogP contribution in [-0.2, 0) is 23.1 Å². The van der Waals surface area contributed by atoms with Gasteiger partial charge in [0, 0.05) is 5.92 Å². The Balaban J connectivity index is 2.95. The predicted octanol–water partition coefficient (Wildman–Crippen LogP) is 3.94. The van der Waals surface area contributed by atoms with Crippen molar-refractivity contribution in [2.24, 2.45) is 5.92 Å². The zero-order chi connectivity index (χ0) is 15.3. The highest BCUT2D eigenvalue weighted by molar-refractivity contribution is 7.54. The van der Waals surface area contributed by atoms with E-state index in [2.05, 4.69) is 0 Å². The van der Waals surface area contributed by atoms with Gasteiger partial charge in [0.1, 0.15) is 5.88 Å². The molecule has 1 atom stereocenters. The molecule has 1 aliphatic carbocycles. The van der Waals surface area contributed by atoms with Gasteiger partial charge < -0.3 is 13.8 Å². The molecule has 5 nitrogen and oxygen atoms in total. The van der Waals surface area contributed by atoms with Crippen molar-refractivity contribution >= 4 is 25.2 Å². The standard InChI is InChI=1S/C13H24ClO5P/c1-9(2)18-20(16,19-10(3)4)13(11-6-5-7-11)17-12(15)8-14/h9-11,13H,5-8H2,1-4H3/t13-/m1/s1. The number of carbonyl (C=O) groups is 1. The van der Waals surface area contributed by atoms with Crippen LogP contribution < -0.4 is 0 Å². The van der Waals surface area contributed by atoms with Crippen LogP contribution in [0.15, 0.2) is 0 Å². The van der Waals surface area contributed by atoms with Crippen molar-refractivity contribution in [2.75, 3.05) is 5.88 Å². The van der Waals surface area contributed by atoms with Crippen molar-refractivity contribution in [3.8, 4) is 0 Å². The molecule has 0 unspecified atom stereocenters. The first-order chi connectivity index (χ1) is 9.28. The molecule has 1 rings (SSSR count). The van der Waals surface area contributed by atoms with Crippen LogP contribution in [0.4, 0.5) is 0 Å². The van der Waals surface area contributed by atoms with E-state index in [1.807, 2.05) is 0 Å². The molecule has 0 spiro atoms. The summed E-state index contributed by atoms with van der Waals surface area (Å²) < 4.78 is 29.4. The average molecular weight is 327 g/mol. The summed E-state index contributed by atoms with van der Waals surface area (Å²) in [6, 6.07) is 0. The Morgan fingerprint density at radius 2 is 1.70 bits per heavy atom. The molecule has 0 aromatic rings. The van der Waals surface area contributed by atoms with Crippen molar-refractivity contribution in [3.05, 3.63) is 0 Å². The summed E-state index contributed by atoms with van der Waals surface area (Å²) in [5, 5.41) is 0. The smallest absolute Gasteiger partial charge is 0.371 e. The SMILES string of the molecule is CC(C)OP(=O)(OC(C)C)[C@@H](OC(=O)CCl)C1CCC1. The second-order valence-corrected chi connectivity index (χ2v) is 7.83. The Labute approximate surface area is 125 Å². The molecular formula is C13H24ClO5P. The number of esters is 1. The fourth-order valence-electron chi connectivity index (χ4n) is 2.04. The summed E-state index contributed by atoms with van der Waals surface area (Å²) in [4.78, 5) is 11.5. The van der Waals surface area contributed by atoms with Crippen molar-refractivity contribution in [2.45, 2.75) is 65.0 Å². The molecular weight excluding hydrogens is 303 g/mol. The minimum Gasteiger partial charge on any atom is -0.448 e. The van der Waals surface area contributed by atoms with E-state index in [1.54, 1.807) is 27.7 Å². The van der Waals surface area contributed by atoms with Crippen LogP contribution in [0, 0.1) is 5.92 Å². The first-order valence-electron chi connectivity index (χ1n) is 7.00. The third-order valence-corrected chi connectivity index (χ3v) is 5.74. The van der Waals surface area contributed by atoms with E-state index in [9.17, 15) is 9.36 Å². The second kappa shape index (κ2) is 7.79. The fraction of sp³-hybridized carbons (Fsp3) is 0.923. The molecule has 1 fully saturated rings. The summed E-state index contributed by atoms with van der Waals surface area (Å²) in [6.07, 6.45) is 2.18. The molecule has 0 aromatic heterocycles. The molecule has 1 aliphatic rings. The number of rotatable bonds is 8. The van der Waals surface area contributed by atoms with Gasteiger partial charge in [-0.05, 0) is 40.5 Å². The third-order valence-electron chi connectivity index (χ3n) is 2.94. The number of carbonyl (C=O) groups excluding carboxylic acids is 1. The number of halogens is 1. The van der Waals surface area contributed by atoms with Gasteiger partial charge in [-0.3, -0.25) is 9.36 Å². The highest BCUT2D eigenvalue weighted by Gasteiger charge is 2.47. The van der Waals surface area contributed by atoms with Crippen molar-refractivity contribution in [1.82, 2.24) is 0 Å². The molecule has 20 heavy (non-hydrogen) atoms. The Hall–Kier alpha value is -0.0900. The van der Waals surface area contributed by atoms with Gasteiger partial charge in [0.2, 0.25) is 5.85 Å². The summed E-state index contributed by atoms with van der Waals surface area (Å²) in [5.74, 6) is -1.70. The van der Waals surface area contributed by atoms with Gasteiger partial charge >= 0.3 is 13.6 Å². The van der Waals surface area contributed by atoms with Gasteiger partial charge in [-0.15, -0.1) is 11.6 Å². The monoisotopic (exact) mass is 326 g/mol. The number of ether oxygens (including phenoxy) is 1. The minimum atomic E-state index is -3.53. The van der Waals surface area contributed by atoms with Crippen LogP contribution >= 0.6 is 19.2 Å². The summed E-state index contributed by atoms with van der Waals surface area (Å²) in [7, 11) is -3.53. The van der Waals surface area contributed by atoms with Crippen molar-refractivity contribution in [1.29, 1.82) is 0 Å². The lowest BCUT2D eigenvalue weighted by Crippen LogP contribution is -2.34. The molecule has 7 heteroatoms. The van der Waals surface area contributed by atoms with E-state index in [1.165, 1.54) is 0 Å². The van der Waals surface area contributed by atoms with Crippen LogP contribution in [0.2, 0.25) is 0 Å². The quantitative estimate of drug-likeness (QED) is 0.384. The Kier molecular flexibility index (Phi) is 6.99. The Morgan fingerprint density at radius 1 is 1.20 bits per heavy atom. The normalized spacial score (nSPS) is 18.1. The summed E-state index contributed by atoms with van der Waals surface area (Å²) >= 11 is 5.48. The molecule has 118 valence electrons. The maximum absolute atomic E-state index is 13.1. The van der Waals surface area contributed by atoms with Crippen molar-refractivity contribution < 1.29 is 23.1 Å². The molecule has 0 radical (unpaired) electrons. The van der Waals surface area contributed by atoms with E-state index in [4.69, 9.17) is 25.4 Å². The van der Waals surface area contributed by atoms with E-state index < -0.39 is 19.4 Å². The molecule has 0 N–H and O–H groups in total. The van der Waals surface area contributed by atoms with Gasteiger partial charge in [0.15, 0.2) is 0 Å². The predicted molar refractivity (Wildman–Crippen MR) is 78.0 cm³/mol. The topological polar surface area (TPSA) is 61.8 Å². The zero-order valence-electron chi connectivity index (χ0n) is 12.5. The number of hydrogen-bond donors (Lipinski definition) is 0. The minimum absolute atomic E-state index is 0.0190.